The molecule has 2 aliphatic rings. The van der Waals surface area contributed by atoms with Crippen LogP contribution in [0.4, 0.5) is 10.1 Å². The van der Waals surface area contributed by atoms with Crippen LogP contribution in [0.3, 0.4) is 0 Å². The number of anilines is 1. The highest BCUT2D eigenvalue weighted by atomic mass is 19.1. The van der Waals surface area contributed by atoms with E-state index in [1.807, 2.05) is 4.90 Å². The van der Waals surface area contributed by atoms with Crippen LogP contribution in [0.2, 0.25) is 0 Å². The molecular formula is C20H28FN5O3. The second-order valence-electron chi connectivity index (χ2n) is 8.23. The number of aryl methyl sites for hydroxylation is 1. The van der Waals surface area contributed by atoms with Crippen LogP contribution in [0.1, 0.15) is 37.3 Å². The van der Waals surface area contributed by atoms with E-state index in [9.17, 15) is 9.59 Å². The highest BCUT2D eigenvalue weighted by Gasteiger charge is 2.33. The zero-order chi connectivity index (χ0) is 20.9. The highest BCUT2D eigenvalue weighted by molar-refractivity contribution is 5.87. The zero-order valence-electron chi connectivity index (χ0n) is 16.9. The standard InChI is InChI=1S/C20H28FN5O3/c1-11-17-14(19(27)26(23)20(28)25(17)13-3-4-13)9-15(21)18(11)24-7-5-12(10-24)16(22)6-8-29-2/h9,12-13,16H,3-8,10,22-23H2,1-2H3/t12-,16+/m0/s1. The lowest BCUT2D eigenvalue weighted by atomic mass is 9.97. The highest BCUT2D eigenvalue weighted by Crippen LogP contribution is 2.39. The average Bonchev–Trinajstić information content (AvgIpc) is 3.42. The number of fused-ring (bicyclic) bond motifs is 1. The topological polar surface area (TPSA) is 109 Å². The third-order valence-electron chi connectivity index (χ3n) is 6.28. The first kappa shape index (κ1) is 19.9. The minimum absolute atomic E-state index is 0.00574. The molecule has 1 saturated heterocycles. The number of aromatic nitrogens is 2. The summed E-state index contributed by atoms with van der Waals surface area (Å²) in [6, 6.07) is 1.21. The van der Waals surface area contributed by atoms with Crippen LogP contribution in [-0.2, 0) is 4.74 Å². The molecule has 4 rings (SSSR count). The molecule has 1 aliphatic heterocycles. The molecule has 0 amide bonds. The Kier molecular flexibility index (Phi) is 5.12. The van der Waals surface area contributed by atoms with Gasteiger partial charge in [-0.25, -0.2) is 9.18 Å². The molecule has 0 bridgehead atoms. The summed E-state index contributed by atoms with van der Waals surface area (Å²) in [5.41, 5.74) is 6.62. The second-order valence-corrected chi connectivity index (χ2v) is 8.23. The molecule has 2 heterocycles. The average molecular weight is 405 g/mol. The number of benzene rings is 1. The van der Waals surface area contributed by atoms with Crippen molar-refractivity contribution in [2.24, 2.45) is 11.7 Å². The van der Waals surface area contributed by atoms with E-state index in [2.05, 4.69) is 0 Å². The van der Waals surface area contributed by atoms with E-state index in [1.165, 1.54) is 6.07 Å². The van der Waals surface area contributed by atoms with E-state index < -0.39 is 17.1 Å². The smallest absolute Gasteiger partial charge is 0.350 e. The van der Waals surface area contributed by atoms with Crippen molar-refractivity contribution in [2.45, 2.75) is 44.7 Å². The zero-order valence-corrected chi connectivity index (χ0v) is 16.9. The Hall–Kier alpha value is -2.39. The summed E-state index contributed by atoms with van der Waals surface area (Å²) in [6.07, 6.45) is 3.31. The Morgan fingerprint density at radius 3 is 2.69 bits per heavy atom. The third kappa shape index (κ3) is 3.32. The van der Waals surface area contributed by atoms with Gasteiger partial charge in [0.2, 0.25) is 0 Å². The number of nitrogen functional groups attached to an aromatic ring is 1. The number of hydrogen-bond donors (Lipinski definition) is 2. The predicted molar refractivity (Wildman–Crippen MR) is 110 cm³/mol. The molecule has 9 heteroatoms. The fourth-order valence-corrected chi connectivity index (χ4v) is 4.55. The summed E-state index contributed by atoms with van der Waals surface area (Å²) in [4.78, 5) is 27.2. The van der Waals surface area contributed by atoms with Gasteiger partial charge in [-0.2, -0.15) is 4.68 Å². The van der Waals surface area contributed by atoms with Gasteiger partial charge in [-0.05, 0) is 44.6 Å². The monoisotopic (exact) mass is 405 g/mol. The molecule has 29 heavy (non-hydrogen) atoms. The SMILES string of the molecule is COCC[C@@H](N)[C@H]1CCN(c2c(F)cc3c(=O)n(N)c(=O)n(C4CC4)c3c2C)C1. The van der Waals surface area contributed by atoms with Gasteiger partial charge in [0.1, 0.15) is 5.82 Å². The van der Waals surface area contributed by atoms with Gasteiger partial charge in [0, 0.05) is 44.5 Å². The second kappa shape index (κ2) is 7.46. The Morgan fingerprint density at radius 2 is 2.03 bits per heavy atom. The molecular weight excluding hydrogens is 377 g/mol. The first-order valence-electron chi connectivity index (χ1n) is 10.1. The van der Waals surface area contributed by atoms with Gasteiger partial charge < -0.3 is 21.2 Å². The Bertz CT molecular complexity index is 1060. The lowest BCUT2D eigenvalue weighted by Gasteiger charge is -2.25. The van der Waals surface area contributed by atoms with Crippen LogP contribution >= 0.6 is 0 Å². The Labute approximate surface area is 167 Å². The van der Waals surface area contributed by atoms with E-state index in [0.29, 0.717) is 41.1 Å². The van der Waals surface area contributed by atoms with Crippen molar-refractivity contribution in [2.75, 3.05) is 37.5 Å². The lowest BCUT2D eigenvalue weighted by Crippen LogP contribution is -2.44. The molecule has 2 atom stereocenters. The minimum Gasteiger partial charge on any atom is -0.385 e. The molecule has 0 radical (unpaired) electrons. The number of methoxy groups -OCH3 is 1. The molecule has 2 aromatic rings. The van der Waals surface area contributed by atoms with Crippen molar-refractivity contribution in [3.05, 3.63) is 38.3 Å². The van der Waals surface area contributed by atoms with E-state index in [-0.39, 0.29) is 23.4 Å². The number of halogens is 1. The van der Waals surface area contributed by atoms with Crippen LogP contribution in [0.25, 0.3) is 10.9 Å². The first-order chi connectivity index (χ1) is 13.8. The van der Waals surface area contributed by atoms with Crippen LogP contribution in [-0.4, -0.2) is 42.1 Å². The molecule has 4 N–H and O–H groups in total. The summed E-state index contributed by atoms with van der Waals surface area (Å²) in [6.45, 7) is 3.68. The molecule has 1 aromatic heterocycles. The molecule has 0 unspecified atom stereocenters. The van der Waals surface area contributed by atoms with Crippen LogP contribution in [0.15, 0.2) is 15.7 Å². The Balaban J connectivity index is 1.79. The normalized spacial score (nSPS) is 20.6. The van der Waals surface area contributed by atoms with Gasteiger partial charge in [0.15, 0.2) is 0 Å². The van der Waals surface area contributed by atoms with Crippen LogP contribution in [0.5, 0.6) is 0 Å². The van der Waals surface area contributed by atoms with Crippen molar-refractivity contribution in [3.8, 4) is 0 Å². The predicted octanol–water partition coefficient (Wildman–Crippen LogP) is 0.850. The van der Waals surface area contributed by atoms with Crippen LogP contribution < -0.4 is 27.7 Å². The molecule has 158 valence electrons. The lowest BCUT2D eigenvalue weighted by molar-refractivity contribution is 0.180. The van der Waals surface area contributed by atoms with Gasteiger partial charge in [0.25, 0.3) is 5.56 Å². The summed E-state index contributed by atoms with van der Waals surface area (Å²) >= 11 is 0. The largest absolute Gasteiger partial charge is 0.385 e. The van der Waals surface area contributed by atoms with E-state index in [0.717, 1.165) is 25.7 Å². The molecule has 1 aliphatic carbocycles. The molecule has 1 saturated carbocycles. The molecule has 0 spiro atoms. The van der Waals surface area contributed by atoms with Crippen molar-refractivity contribution in [1.29, 1.82) is 0 Å². The van der Waals surface area contributed by atoms with Crippen molar-refractivity contribution >= 4 is 16.6 Å². The van der Waals surface area contributed by atoms with Crippen LogP contribution in [0, 0.1) is 18.7 Å². The number of nitrogens with two attached hydrogens (primary N) is 2. The quantitative estimate of drug-likeness (QED) is 0.690. The van der Waals surface area contributed by atoms with E-state index in [1.54, 1.807) is 18.6 Å². The summed E-state index contributed by atoms with van der Waals surface area (Å²) in [5.74, 6) is 5.45. The number of nitrogens with zero attached hydrogens (tertiary/aromatic N) is 3. The van der Waals surface area contributed by atoms with Gasteiger partial charge >= 0.3 is 5.69 Å². The molecule has 1 aromatic carbocycles. The van der Waals surface area contributed by atoms with Gasteiger partial charge in [-0.3, -0.25) is 9.36 Å². The maximum absolute atomic E-state index is 15.2. The third-order valence-corrected chi connectivity index (χ3v) is 6.28. The number of rotatable bonds is 6. The Morgan fingerprint density at radius 1 is 1.31 bits per heavy atom. The van der Waals surface area contributed by atoms with E-state index in [4.69, 9.17) is 16.3 Å². The minimum atomic E-state index is -0.670. The summed E-state index contributed by atoms with van der Waals surface area (Å²) in [7, 11) is 1.65. The summed E-state index contributed by atoms with van der Waals surface area (Å²) in [5, 5.41) is 0.144. The van der Waals surface area contributed by atoms with Gasteiger partial charge in [-0.15, -0.1) is 0 Å². The first-order valence-corrected chi connectivity index (χ1v) is 10.1. The van der Waals surface area contributed by atoms with Crippen molar-refractivity contribution in [1.82, 2.24) is 9.24 Å². The van der Waals surface area contributed by atoms with Crippen molar-refractivity contribution in [3.63, 3.8) is 0 Å². The van der Waals surface area contributed by atoms with E-state index >= 15 is 4.39 Å². The van der Waals surface area contributed by atoms with Crippen molar-refractivity contribution < 1.29 is 9.13 Å². The maximum Gasteiger partial charge on any atom is 0.350 e. The fourth-order valence-electron chi connectivity index (χ4n) is 4.55. The number of ether oxygens (including phenoxy) is 1. The molecule has 8 nitrogen and oxygen atoms in total. The summed E-state index contributed by atoms with van der Waals surface area (Å²) < 4.78 is 22.4. The fraction of sp³-hybridized carbons (Fsp3) is 0.600. The van der Waals surface area contributed by atoms with Gasteiger partial charge in [0.05, 0.1) is 16.6 Å². The maximum atomic E-state index is 15.2. The van der Waals surface area contributed by atoms with Gasteiger partial charge in [-0.1, -0.05) is 0 Å². The molecule has 2 fully saturated rings. The number of hydrogen-bond acceptors (Lipinski definition) is 6.